The lowest BCUT2D eigenvalue weighted by atomic mass is 9.97. The molecule has 0 spiro atoms. The Morgan fingerprint density at radius 3 is 2.55 bits per heavy atom. The van der Waals surface area contributed by atoms with Crippen LogP contribution < -0.4 is 0 Å². The van der Waals surface area contributed by atoms with Gasteiger partial charge in [0.15, 0.2) is 0 Å². The minimum Gasteiger partial charge on any atom is -0.393 e. The Kier molecular flexibility index (Phi) is 4.24. The number of aliphatic hydroxyl groups excluding tert-OH is 1. The highest BCUT2D eigenvalue weighted by Gasteiger charge is 2.22. The molecule has 2 heteroatoms. The second kappa shape index (κ2) is 5.00. The van der Waals surface area contributed by atoms with Gasteiger partial charge in [0.05, 0.1) is 6.10 Å². The molecule has 0 amide bonds. The van der Waals surface area contributed by atoms with Gasteiger partial charge in [0.25, 0.3) is 0 Å². The average Bonchev–Trinajstić information content (AvgIpc) is 2.52. The number of rotatable bonds is 4. The minimum absolute atomic E-state index is 0.0729. The summed E-state index contributed by atoms with van der Waals surface area (Å²) in [4.78, 5) is 0. The topological polar surface area (TPSA) is 20.2 Å². The zero-order valence-corrected chi connectivity index (χ0v) is 7.69. The largest absolute Gasteiger partial charge is 0.393 e. The average molecular weight is 177 g/mol. The highest BCUT2D eigenvalue weighted by molar-refractivity contribution is 6.17. The van der Waals surface area contributed by atoms with E-state index in [4.69, 9.17) is 11.6 Å². The first-order chi connectivity index (χ1) is 5.34. The Labute approximate surface area is 73.8 Å². The highest BCUT2D eigenvalue weighted by atomic mass is 35.5. The zero-order valence-electron chi connectivity index (χ0n) is 6.93. The van der Waals surface area contributed by atoms with E-state index in [1.165, 1.54) is 25.7 Å². The van der Waals surface area contributed by atoms with Crippen molar-refractivity contribution in [3.8, 4) is 0 Å². The molecule has 1 unspecified atom stereocenters. The predicted molar refractivity (Wildman–Crippen MR) is 47.9 cm³/mol. The Balaban J connectivity index is 2.12. The Bertz CT molecular complexity index is 99.7. The van der Waals surface area contributed by atoms with Crippen LogP contribution in [0.3, 0.4) is 0 Å². The zero-order chi connectivity index (χ0) is 8.10. The molecule has 1 rings (SSSR count). The standard InChI is InChI=1S/C9H17ClO/c10-7-3-6-9(11)8-4-1-2-5-8/h8-9,11H,1-7H2. The first kappa shape index (κ1) is 9.34. The van der Waals surface area contributed by atoms with E-state index in [-0.39, 0.29) is 6.10 Å². The van der Waals surface area contributed by atoms with Crippen LogP contribution in [-0.2, 0) is 0 Å². The summed E-state index contributed by atoms with van der Waals surface area (Å²) in [5.41, 5.74) is 0. The molecular formula is C9H17ClO. The van der Waals surface area contributed by atoms with Crippen molar-refractivity contribution < 1.29 is 5.11 Å². The lowest BCUT2D eigenvalue weighted by Gasteiger charge is -2.16. The van der Waals surface area contributed by atoms with E-state index in [2.05, 4.69) is 0 Å². The van der Waals surface area contributed by atoms with Gasteiger partial charge in [-0.05, 0) is 31.6 Å². The maximum atomic E-state index is 9.62. The van der Waals surface area contributed by atoms with Crippen LogP contribution in [0.4, 0.5) is 0 Å². The van der Waals surface area contributed by atoms with Crippen molar-refractivity contribution in [2.75, 3.05) is 5.88 Å². The van der Waals surface area contributed by atoms with Crippen LogP contribution in [0.2, 0.25) is 0 Å². The van der Waals surface area contributed by atoms with E-state index in [1.807, 2.05) is 0 Å². The molecule has 66 valence electrons. The molecule has 1 aliphatic rings. The van der Waals surface area contributed by atoms with E-state index in [9.17, 15) is 5.11 Å². The third-order valence-electron chi connectivity index (χ3n) is 2.58. The van der Waals surface area contributed by atoms with Crippen LogP contribution in [0, 0.1) is 5.92 Å². The lowest BCUT2D eigenvalue weighted by Crippen LogP contribution is -2.17. The Morgan fingerprint density at radius 1 is 1.36 bits per heavy atom. The van der Waals surface area contributed by atoms with Crippen LogP contribution in [0.1, 0.15) is 38.5 Å². The number of hydrogen-bond donors (Lipinski definition) is 1. The predicted octanol–water partition coefficient (Wildman–Crippen LogP) is 2.56. The van der Waals surface area contributed by atoms with Crippen LogP contribution in [0.15, 0.2) is 0 Å². The van der Waals surface area contributed by atoms with Crippen molar-refractivity contribution in [2.45, 2.75) is 44.6 Å². The van der Waals surface area contributed by atoms with Gasteiger partial charge < -0.3 is 5.11 Å². The normalized spacial score (nSPS) is 22.4. The lowest BCUT2D eigenvalue weighted by molar-refractivity contribution is 0.101. The molecule has 0 aliphatic heterocycles. The van der Waals surface area contributed by atoms with Crippen molar-refractivity contribution in [3.63, 3.8) is 0 Å². The quantitative estimate of drug-likeness (QED) is 0.653. The number of halogens is 1. The Morgan fingerprint density at radius 2 is 2.00 bits per heavy atom. The van der Waals surface area contributed by atoms with Gasteiger partial charge in [-0.3, -0.25) is 0 Å². The smallest absolute Gasteiger partial charge is 0.0568 e. The summed E-state index contributed by atoms with van der Waals surface area (Å²) >= 11 is 5.54. The molecule has 1 N–H and O–H groups in total. The second-order valence-corrected chi connectivity index (χ2v) is 3.82. The van der Waals surface area contributed by atoms with Crippen molar-refractivity contribution in [2.24, 2.45) is 5.92 Å². The van der Waals surface area contributed by atoms with Gasteiger partial charge in [-0.25, -0.2) is 0 Å². The van der Waals surface area contributed by atoms with Crippen LogP contribution in [0.5, 0.6) is 0 Å². The second-order valence-electron chi connectivity index (χ2n) is 3.44. The Hall–Kier alpha value is 0.250. The van der Waals surface area contributed by atoms with E-state index in [1.54, 1.807) is 0 Å². The molecule has 1 atom stereocenters. The van der Waals surface area contributed by atoms with Gasteiger partial charge in [0.2, 0.25) is 0 Å². The van der Waals surface area contributed by atoms with Crippen LogP contribution in [-0.4, -0.2) is 17.1 Å². The number of aliphatic hydroxyl groups is 1. The summed E-state index contributed by atoms with van der Waals surface area (Å²) in [6, 6.07) is 0. The summed E-state index contributed by atoms with van der Waals surface area (Å²) in [5, 5.41) is 9.62. The molecule has 1 aliphatic carbocycles. The van der Waals surface area contributed by atoms with Gasteiger partial charge in [-0.2, -0.15) is 0 Å². The fourth-order valence-corrected chi connectivity index (χ4v) is 2.02. The number of hydrogen-bond acceptors (Lipinski definition) is 1. The van der Waals surface area contributed by atoms with E-state index >= 15 is 0 Å². The molecule has 1 saturated carbocycles. The van der Waals surface area contributed by atoms with Gasteiger partial charge in [-0.15, -0.1) is 11.6 Å². The SMILES string of the molecule is OC(CCCCl)C1CCCC1. The third kappa shape index (κ3) is 3.00. The van der Waals surface area contributed by atoms with Gasteiger partial charge in [0, 0.05) is 5.88 Å². The highest BCUT2D eigenvalue weighted by Crippen LogP contribution is 2.29. The first-order valence-corrected chi connectivity index (χ1v) is 5.12. The fraction of sp³-hybridized carbons (Fsp3) is 1.00. The summed E-state index contributed by atoms with van der Waals surface area (Å²) in [6.07, 6.45) is 6.85. The van der Waals surface area contributed by atoms with Crippen molar-refractivity contribution >= 4 is 11.6 Å². The van der Waals surface area contributed by atoms with Gasteiger partial charge in [0.1, 0.15) is 0 Å². The summed E-state index contributed by atoms with van der Waals surface area (Å²) in [7, 11) is 0. The molecule has 0 heterocycles. The molecule has 0 saturated heterocycles. The van der Waals surface area contributed by atoms with Crippen molar-refractivity contribution in [3.05, 3.63) is 0 Å². The van der Waals surface area contributed by atoms with Crippen LogP contribution in [0.25, 0.3) is 0 Å². The van der Waals surface area contributed by atoms with Crippen molar-refractivity contribution in [1.29, 1.82) is 0 Å². The van der Waals surface area contributed by atoms with E-state index < -0.39 is 0 Å². The van der Waals surface area contributed by atoms with Gasteiger partial charge >= 0.3 is 0 Å². The van der Waals surface area contributed by atoms with Crippen LogP contribution >= 0.6 is 11.6 Å². The molecule has 1 fully saturated rings. The first-order valence-electron chi connectivity index (χ1n) is 4.58. The monoisotopic (exact) mass is 176 g/mol. The molecular weight excluding hydrogens is 160 g/mol. The molecule has 0 aromatic rings. The minimum atomic E-state index is -0.0729. The maximum absolute atomic E-state index is 9.62. The molecule has 0 aromatic heterocycles. The van der Waals surface area contributed by atoms with Crippen molar-refractivity contribution in [1.82, 2.24) is 0 Å². The molecule has 0 radical (unpaired) electrons. The maximum Gasteiger partial charge on any atom is 0.0568 e. The molecule has 0 aromatic carbocycles. The molecule has 1 nitrogen and oxygen atoms in total. The summed E-state index contributed by atoms with van der Waals surface area (Å²) in [6.45, 7) is 0. The molecule has 11 heavy (non-hydrogen) atoms. The van der Waals surface area contributed by atoms with E-state index in [0.29, 0.717) is 11.8 Å². The summed E-state index contributed by atoms with van der Waals surface area (Å²) in [5.74, 6) is 1.27. The molecule has 0 bridgehead atoms. The summed E-state index contributed by atoms with van der Waals surface area (Å²) < 4.78 is 0. The van der Waals surface area contributed by atoms with E-state index in [0.717, 1.165) is 12.8 Å². The van der Waals surface area contributed by atoms with Gasteiger partial charge in [-0.1, -0.05) is 12.8 Å². The number of alkyl halides is 1. The third-order valence-corrected chi connectivity index (χ3v) is 2.84. The fourth-order valence-electron chi connectivity index (χ4n) is 1.86.